The molecule has 23 heavy (non-hydrogen) atoms. The van der Waals surface area contributed by atoms with Crippen molar-refractivity contribution in [1.29, 1.82) is 0 Å². The Morgan fingerprint density at radius 1 is 1.30 bits per heavy atom. The molecule has 122 valence electrons. The zero-order valence-corrected chi connectivity index (χ0v) is 13.2. The van der Waals surface area contributed by atoms with E-state index >= 15 is 0 Å². The number of nitro benzene ring substituents is 1. The third kappa shape index (κ3) is 4.48. The zero-order chi connectivity index (χ0) is 17.0. The molecule has 0 saturated heterocycles. The first-order valence-electron chi connectivity index (χ1n) is 6.91. The minimum atomic E-state index is -1.21. The summed E-state index contributed by atoms with van der Waals surface area (Å²) in [5.74, 6) is -0.374. The Morgan fingerprint density at radius 2 is 1.96 bits per heavy atom. The van der Waals surface area contributed by atoms with E-state index in [-0.39, 0.29) is 24.6 Å². The summed E-state index contributed by atoms with van der Waals surface area (Å²) >= 11 is 6.02. The summed E-state index contributed by atoms with van der Waals surface area (Å²) < 4.78 is 12.9. The number of nitro groups is 1. The van der Waals surface area contributed by atoms with Crippen molar-refractivity contribution in [2.24, 2.45) is 0 Å². The van der Waals surface area contributed by atoms with Gasteiger partial charge < -0.3 is 10.4 Å². The third-order valence-corrected chi connectivity index (χ3v) is 3.86. The number of nitrogens with zero attached hydrogens (tertiary/aromatic N) is 1. The van der Waals surface area contributed by atoms with E-state index in [1.807, 2.05) is 0 Å². The molecule has 0 fully saturated rings. The summed E-state index contributed by atoms with van der Waals surface area (Å²) in [5.41, 5.74) is -0.121. The number of rotatable bonds is 6. The van der Waals surface area contributed by atoms with Crippen molar-refractivity contribution in [3.63, 3.8) is 0 Å². The van der Waals surface area contributed by atoms with Crippen LogP contribution in [-0.2, 0) is 12.1 Å². The lowest BCUT2D eigenvalue weighted by Crippen LogP contribution is -2.35. The van der Waals surface area contributed by atoms with Crippen LogP contribution < -0.4 is 5.32 Å². The van der Waals surface area contributed by atoms with Gasteiger partial charge in [0, 0.05) is 30.2 Å². The van der Waals surface area contributed by atoms with Crippen LogP contribution in [0.5, 0.6) is 0 Å². The summed E-state index contributed by atoms with van der Waals surface area (Å²) in [6.45, 7) is 2.04. The van der Waals surface area contributed by atoms with Crippen molar-refractivity contribution < 1.29 is 14.4 Å². The van der Waals surface area contributed by atoms with Crippen LogP contribution in [0.1, 0.15) is 18.1 Å². The second-order valence-electron chi connectivity index (χ2n) is 5.42. The quantitative estimate of drug-likeness (QED) is 0.625. The summed E-state index contributed by atoms with van der Waals surface area (Å²) in [4.78, 5) is 10.3. The van der Waals surface area contributed by atoms with Gasteiger partial charge >= 0.3 is 0 Å². The maximum atomic E-state index is 12.9. The first-order valence-corrected chi connectivity index (χ1v) is 7.29. The number of aliphatic hydroxyl groups is 1. The first kappa shape index (κ1) is 17.3. The van der Waals surface area contributed by atoms with E-state index in [1.165, 1.54) is 42.5 Å². The van der Waals surface area contributed by atoms with Gasteiger partial charge in [-0.1, -0.05) is 23.7 Å². The SMILES string of the molecule is CC(O)(CNCc1cc([N+](=O)[O-])ccc1Cl)c1ccc(F)cc1. The molecule has 2 rings (SSSR count). The third-order valence-electron chi connectivity index (χ3n) is 3.49. The maximum absolute atomic E-state index is 12.9. The van der Waals surface area contributed by atoms with Crippen LogP contribution in [0.2, 0.25) is 5.02 Å². The highest BCUT2D eigenvalue weighted by molar-refractivity contribution is 6.31. The molecular weight excluding hydrogens is 323 g/mol. The monoisotopic (exact) mass is 338 g/mol. The second-order valence-corrected chi connectivity index (χ2v) is 5.82. The number of hydrogen-bond acceptors (Lipinski definition) is 4. The molecule has 0 bridgehead atoms. The van der Waals surface area contributed by atoms with Gasteiger partial charge in [0.25, 0.3) is 5.69 Å². The van der Waals surface area contributed by atoms with E-state index in [4.69, 9.17) is 11.6 Å². The highest BCUT2D eigenvalue weighted by Crippen LogP contribution is 2.23. The molecule has 1 atom stereocenters. The van der Waals surface area contributed by atoms with Gasteiger partial charge in [-0.15, -0.1) is 0 Å². The van der Waals surface area contributed by atoms with Gasteiger partial charge in [0.05, 0.1) is 10.5 Å². The predicted molar refractivity (Wildman–Crippen MR) is 85.8 cm³/mol. The Balaban J connectivity index is 2.02. The fraction of sp³-hybridized carbons (Fsp3) is 0.250. The molecule has 0 aliphatic heterocycles. The second kappa shape index (κ2) is 7.04. The van der Waals surface area contributed by atoms with E-state index in [9.17, 15) is 19.6 Å². The zero-order valence-electron chi connectivity index (χ0n) is 12.4. The van der Waals surface area contributed by atoms with Gasteiger partial charge in [-0.2, -0.15) is 0 Å². The highest BCUT2D eigenvalue weighted by Gasteiger charge is 2.22. The molecule has 7 heteroatoms. The summed E-state index contributed by atoms with van der Waals surface area (Å²) in [6.07, 6.45) is 0. The number of benzene rings is 2. The van der Waals surface area contributed by atoms with Crippen LogP contribution >= 0.6 is 11.6 Å². The first-order chi connectivity index (χ1) is 10.8. The topological polar surface area (TPSA) is 75.4 Å². The van der Waals surface area contributed by atoms with Gasteiger partial charge in [-0.25, -0.2) is 4.39 Å². The summed E-state index contributed by atoms with van der Waals surface area (Å²) in [7, 11) is 0. The van der Waals surface area contributed by atoms with Crippen LogP contribution in [-0.4, -0.2) is 16.6 Å². The molecular formula is C16H16ClFN2O3. The van der Waals surface area contributed by atoms with Crippen molar-refractivity contribution >= 4 is 17.3 Å². The lowest BCUT2D eigenvalue weighted by Gasteiger charge is -2.24. The number of hydrogen-bond donors (Lipinski definition) is 2. The van der Waals surface area contributed by atoms with Gasteiger partial charge in [0.1, 0.15) is 5.82 Å². The van der Waals surface area contributed by atoms with Crippen molar-refractivity contribution in [1.82, 2.24) is 5.32 Å². The Labute approximate surface area is 137 Å². The van der Waals surface area contributed by atoms with E-state index < -0.39 is 10.5 Å². The van der Waals surface area contributed by atoms with E-state index in [0.29, 0.717) is 16.1 Å². The predicted octanol–water partition coefficient (Wildman–Crippen LogP) is 3.38. The molecule has 2 N–H and O–H groups in total. The van der Waals surface area contributed by atoms with E-state index in [0.717, 1.165) is 0 Å². The maximum Gasteiger partial charge on any atom is 0.269 e. The smallest absolute Gasteiger partial charge is 0.269 e. The molecule has 0 heterocycles. The Hall–Kier alpha value is -2.02. The molecule has 0 spiro atoms. The van der Waals surface area contributed by atoms with Crippen molar-refractivity contribution in [3.8, 4) is 0 Å². The lowest BCUT2D eigenvalue weighted by atomic mass is 9.96. The normalized spacial score (nSPS) is 13.6. The van der Waals surface area contributed by atoms with Crippen molar-refractivity contribution in [2.45, 2.75) is 19.1 Å². The fourth-order valence-corrected chi connectivity index (χ4v) is 2.35. The van der Waals surface area contributed by atoms with E-state index in [2.05, 4.69) is 5.32 Å². The molecule has 1 unspecified atom stereocenters. The molecule has 0 aliphatic rings. The average molecular weight is 339 g/mol. The molecule has 2 aromatic carbocycles. The van der Waals surface area contributed by atoms with Crippen molar-refractivity contribution in [2.75, 3.05) is 6.54 Å². The number of nitrogens with one attached hydrogen (secondary N) is 1. The van der Waals surface area contributed by atoms with Crippen LogP contribution in [0.25, 0.3) is 0 Å². The van der Waals surface area contributed by atoms with Crippen LogP contribution in [0, 0.1) is 15.9 Å². The molecule has 2 aromatic rings. The Morgan fingerprint density at radius 3 is 2.57 bits per heavy atom. The molecule has 0 saturated carbocycles. The summed E-state index contributed by atoms with van der Waals surface area (Å²) in [6, 6.07) is 9.77. The van der Waals surface area contributed by atoms with Gasteiger partial charge in [0.2, 0.25) is 0 Å². The minimum Gasteiger partial charge on any atom is -0.384 e. The Kier molecular flexibility index (Phi) is 5.30. The standard InChI is InChI=1S/C16H16ClFN2O3/c1-16(21,12-2-4-13(18)5-3-12)10-19-9-11-8-14(20(22)23)6-7-15(11)17/h2-8,19,21H,9-10H2,1H3. The largest absolute Gasteiger partial charge is 0.384 e. The number of halogens is 2. The lowest BCUT2D eigenvalue weighted by molar-refractivity contribution is -0.384. The average Bonchev–Trinajstić information content (AvgIpc) is 2.49. The van der Waals surface area contributed by atoms with E-state index in [1.54, 1.807) is 6.92 Å². The molecule has 0 amide bonds. The fourth-order valence-electron chi connectivity index (χ4n) is 2.16. The molecule has 0 aliphatic carbocycles. The molecule has 0 radical (unpaired) electrons. The molecule has 5 nitrogen and oxygen atoms in total. The van der Waals surface area contributed by atoms with Gasteiger partial charge in [0.15, 0.2) is 0 Å². The van der Waals surface area contributed by atoms with Crippen molar-refractivity contribution in [3.05, 3.63) is 74.5 Å². The summed E-state index contributed by atoms with van der Waals surface area (Å²) in [5, 5.41) is 24.6. The Bertz CT molecular complexity index is 705. The van der Waals surface area contributed by atoms with Crippen LogP contribution in [0.3, 0.4) is 0 Å². The van der Waals surface area contributed by atoms with Gasteiger partial charge in [-0.05, 0) is 36.2 Å². The van der Waals surface area contributed by atoms with Crippen LogP contribution in [0.4, 0.5) is 10.1 Å². The van der Waals surface area contributed by atoms with Gasteiger partial charge in [-0.3, -0.25) is 10.1 Å². The molecule has 0 aromatic heterocycles. The van der Waals surface area contributed by atoms with Crippen LogP contribution in [0.15, 0.2) is 42.5 Å². The minimum absolute atomic E-state index is 0.0449. The highest BCUT2D eigenvalue weighted by atomic mass is 35.5. The number of non-ortho nitro benzene ring substituents is 1.